The average molecular weight is 295 g/mol. The summed E-state index contributed by atoms with van der Waals surface area (Å²) >= 11 is 0. The van der Waals surface area contributed by atoms with Crippen molar-refractivity contribution in [3.05, 3.63) is 18.2 Å². The van der Waals surface area contributed by atoms with Crippen LogP contribution in [0.2, 0.25) is 0 Å². The predicted molar refractivity (Wildman–Crippen MR) is 79.7 cm³/mol. The third kappa shape index (κ3) is 5.31. The summed E-state index contributed by atoms with van der Waals surface area (Å²) in [6, 6.07) is 4.94. The fourth-order valence-corrected chi connectivity index (χ4v) is 1.56. The van der Waals surface area contributed by atoms with Crippen LogP contribution in [0.3, 0.4) is 0 Å². The van der Waals surface area contributed by atoms with E-state index >= 15 is 0 Å². The normalized spacial score (nSPS) is 10.1. The van der Waals surface area contributed by atoms with Gasteiger partial charge < -0.3 is 25.0 Å². The Morgan fingerprint density at radius 2 is 1.86 bits per heavy atom. The molecule has 0 aromatic heterocycles. The number of nitrogens with one attached hydrogen (secondary N) is 2. The molecule has 0 aliphatic carbocycles. The van der Waals surface area contributed by atoms with Gasteiger partial charge in [-0.1, -0.05) is 0 Å². The molecule has 1 rings (SSSR count). The number of amides is 2. The first-order valence-corrected chi connectivity index (χ1v) is 6.44. The van der Waals surface area contributed by atoms with Crippen LogP contribution in [-0.4, -0.2) is 58.1 Å². The molecule has 2 amide bonds. The van der Waals surface area contributed by atoms with Gasteiger partial charge in [-0.3, -0.25) is 9.59 Å². The highest BCUT2D eigenvalue weighted by Gasteiger charge is 2.16. The summed E-state index contributed by atoms with van der Waals surface area (Å²) in [6.07, 6.45) is 0. The number of hydrogen-bond acceptors (Lipinski definition) is 5. The molecule has 0 aliphatic heterocycles. The van der Waals surface area contributed by atoms with Crippen LogP contribution in [0.1, 0.15) is 0 Å². The van der Waals surface area contributed by atoms with Crippen molar-refractivity contribution in [2.24, 2.45) is 0 Å². The fourth-order valence-electron chi connectivity index (χ4n) is 1.56. The summed E-state index contributed by atoms with van der Waals surface area (Å²) in [7, 11) is 6.76. The summed E-state index contributed by atoms with van der Waals surface area (Å²) in [5.41, 5.74) is 0.379. The first-order valence-electron chi connectivity index (χ1n) is 6.44. The summed E-state index contributed by atoms with van der Waals surface area (Å²) in [5, 5.41) is 5.04. The lowest BCUT2D eigenvalue weighted by molar-refractivity contribution is -0.136. The number of rotatable bonds is 6. The molecule has 0 heterocycles. The minimum absolute atomic E-state index is 0.379. The van der Waals surface area contributed by atoms with Gasteiger partial charge in [0.2, 0.25) is 0 Å². The lowest BCUT2D eigenvalue weighted by Crippen LogP contribution is -2.38. The number of nitrogens with zero attached hydrogens (tertiary/aromatic N) is 1. The molecule has 116 valence electrons. The smallest absolute Gasteiger partial charge is 0.313 e. The molecule has 7 heteroatoms. The molecule has 7 nitrogen and oxygen atoms in total. The number of hydrogen-bond donors (Lipinski definition) is 2. The molecule has 0 saturated heterocycles. The Hall–Kier alpha value is -2.28. The molecule has 21 heavy (non-hydrogen) atoms. The fraction of sp³-hybridized carbons (Fsp3) is 0.429. The van der Waals surface area contributed by atoms with Crippen LogP contribution in [-0.2, 0) is 9.59 Å². The van der Waals surface area contributed by atoms with Crippen molar-refractivity contribution >= 4 is 17.5 Å². The number of carbonyl (C=O) groups excluding carboxylic acids is 2. The quantitative estimate of drug-likeness (QED) is 0.739. The second kappa shape index (κ2) is 8.11. The molecule has 2 N–H and O–H groups in total. The Morgan fingerprint density at radius 3 is 2.43 bits per heavy atom. The predicted octanol–water partition coefficient (Wildman–Crippen LogP) is 0.320. The first kappa shape index (κ1) is 16.8. The molecule has 0 atom stereocenters. The zero-order chi connectivity index (χ0) is 15.8. The average Bonchev–Trinajstić information content (AvgIpc) is 2.46. The highest BCUT2D eigenvalue weighted by Crippen LogP contribution is 2.28. The number of benzene rings is 1. The third-order valence-electron chi connectivity index (χ3n) is 2.71. The van der Waals surface area contributed by atoms with Crippen molar-refractivity contribution in [1.29, 1.82) is 0 Å². The second-order valence-corrected chi connectivity index (χ2v) is 4.58. The van der Waals surface area contributed by atoms with Crippen LogP contribution in [0.4, 0.5) is 5.69 Å². The molecular weight excluding hydrogens is 274 g/mol. The Bertz CT molecular complexity index is 503. The maximum atomic E-state index is 11.8. The van der Waals surface area contributed by atoms with Crippen LogP contribution in [0.15, 0.2) is 18.2 Å². The van der Waals surface area contributed by atoms with Crippen molar-refractivity contribution in [1.82, 2.24) is 10.2 Å². The molecule has 0 fully saturated rings. The summed E-state index contributed by atoms with van der Waals surface area (Å²) in [5.74, 6) is -0.439. The van der Waals surface area contributed by atoms with Crippen LogP contribution >= 0.6 is 0 Å². The van der Waals surface area contributed by atoms with E-state index in [1.165, 1.54) is 14.2 Å². The number of carbonyl (C=O) groups is 2. The van der Waals surface area contributed by atoms with Gasteiger partial charge in [-0.05, 0) is 26.2 Å². The van der Waals surface area contributed by atoms with E-state index in [1.807, 2.05) is 19.0 Å². The van der Waals surface area contributed by atoms with Crippen LogP contribution < -0.4 is 20.1 Å². The van der Waals surface area contributed by atoms with E-state index in [1.54, 1.807) is 18.2 Å². The maximum Gasteiger partial charge on any atom is 0.313 e. The standard InChI is InChI=1S/C14H21N3O4/c1-17(2)8-7-15-13(18)14(19)16-11-9-10(20-3)5-6-12(11)21-4/h5-6,9H,7-8H2,1-4H3,(H,15,18)(H,16,19). The van der Waals surface area contributed by atoms with E-state index in [2.05, 4.69) is 10.6 Å². The summed E-state index contributed by atoms with van der Waals surface area (Å²) < 4.78 is 10.2. The molecule has 1 aromatic carbocycles. The molecule has 0 aliphatic rings. The van der Waals surface area contributed by atoms with E-state index in [4.69, 9.17) is 9.47 Å². The van der Waals surface area contributed by atoms with Crippen molar-refractivity contribution in [3.8, 4) is 11.5 Å². The van der Waals surface area contributed by atoms with E-state index < -0.39 is 11.8 Å². The minimum atomic E-state index is -0.750. The van der Waals surface area contributed by atoms with Crippen LogP contribution in [0.5, 0.6) is 11.5 Å². The van der Waals surface area contributed by atoms with Gasteiger partial charge in [0, 0.05) is 19.2 Å². The topological polar surface area (TPSA) is 79.9 Å². The van der Waals surface area contributed by atoms with E-state index in [9.17, 15) is 9.59 Å². The van der Waals surface area contributed by atoms with E-state index in [-0.39, 0.29) is 0 Å². The van der Waals surface area contributed by atoms with Crippen molar-refractivity contribution < 1.29 is 19.1 Å². The van der Waals surface area contributed by atoms with Gasteiger partial charge >= 0.3 is 11.8 Å². The highest BCUT2D eigenvalue weighted by molar-refractivity contribution is 6.39. The van der Waals surface area contributed by atoms with Gasteiger partial charge in [0.1, 0.15) is 11.5 Å². The van der Waals surface area contributed by atoms with Gasteiger partial charge in [-0.2, -0.15) is 0 Å². The molecule has 0 spiro atoms. The number of ether oxygens (including phenoxy) is 2. The zero-order valence-electron chi connectivity index (χ0n) is 12.7. The number of anilines is 1. The van der Waals surface area contributed by atoms with Crippen molar-refractivity contribution in [2.45, 2.75) is 0 Å². The second-order valence-electron chi connectivity index (χ2n) is 4.58. The zero-order valence-corrected chi connectivity index (χ0v) is 12.7. The number of methoxy groups -OCH3 is 2. The molecular formula is C14H21N3O4. The molecule has 0 bridgehead atoms. The largest absolute Gasteiger partial charge is 0.497 e. The van der Waals surface area contributed by atoms with Crippen LogP contribution in [0, 0.1) is 0 Å². The monoisotopic (exact) mass is 295 g/mol. The highest BCUT2D eigenvalue weighted by atomic mass is 16.5. The lowest BCUT2D eigenvalue weighted by Gasteiger charge is -2.12. The van der Waals surface area contributed by atoms with Gasteiger partial charge in [0.15, 0.2) is 0 Å². The van der Waals surface area contributed by atoms with Crippen molar-refractivity contribution in [2.75, 3.05) is 46.7 Å². The Kier molecular flexibility index (Phi) is 6.48. The summed E-state index contributed by atoms with van der Waals surface area (Å²) in [4.78, 5) is 25.4. The van der Waals surface area contributed by atoms with Gasteiger partial charge in [-0.15, -0.1) is 0 Å². The Balaban J connectivity index is 2.67. The van der Waals surface area contributed by atoms with E-state index in [0.29, 0.717) is 30.3 Å². The van der Waals surface area contributed by atoms with Gasteiger partial charge in [0.25, 0.3) is 0 Å². The van der Waals surface area contributed by atoms with E-state index in [0.717, 1.165) is 0 Å². The first-order chi connectivity index (χ1) is 9.97. The molecule has 1 aromatic rings. The third-order valence-corrected chi connectivity index (χ3v) is 2.71. The molecule has 0 radical (unpaired) electrons. The Morgan fingerprint density at radius 1 is 1.14 bits per heavy atom. The maximum absolute atomic E-state index is 11.8. The van der Waals surface area contributed by atoms with Crippen LogP contribution in [0.25, 0.3) is 0 Å². The minimum Gasteiger partial charge on any atom is -0.497 e. The summed E-state index contributed by atoms with van der Waals surface area (Å²) in [6.45, 7) is 1.05. The van der Waals surface area contributed by atoms with Gasteiger partial charge in [0.05, 0.1) is 19.9 Å². The van der Waals surface area contributed by atoms with Gasteiger partial charge in [-0.25, -0.2) is 0 Å². The van der Waals surface area contributed by atoms with Crippen molar-refractivity contribution in [3.63, 3.8) is 0 Å². The SMILES string of the molecule is COc1ccc(OC)c(NC(=O)C(=O)NCCN(C)C)c1. The lowest BCUT2D eigenvalue weighted by atomic mass is 10.2. The number of likely N-dealkylation sites (N-methyl/N-ethyl adjacent to an activating group) is 1. The molecule has 0 saturated carbocycles. The molecule has 0 unspecified atom stereocenters. The Labute approximate surface area is 124 Å².